The lowest BCUT2D eigenvalue weighted by molar-refractivity contribution is 0.101. The highest BCUT2D eigenvalue weighted by molar-refractivity contribution is 5.94. The second-order valence-electron chi connectivity index (χ2n) is 7.01. The first-order valence-corrected chi connectivity index (χ1v) is 8.81. The fourth-order valence-electron chi connectivity index (χ4n) is 3.94. The Morgan fingerprint density at radius 3 is 2.38 bits per heavy atom. The van der Waals surface area contributed by atoms with Crippen molar-refractivity contribution in [2.45, 2.75) is 50.8 Å². The Kier molecular flexibility index (Phi) is 4.11. The number of ketones is 1. The number of piperidine rings is 1. The fourth-order valence-corrected chi connectivity index (χ4v) is 3.94. The molecule has 3 nitrogen and oxygen atoms in total. The Balaban J connectivity index is 1.50. The van der Waals surface area contributed by atoms with Gasteiger partial charge in [0.2, 0.25) is 0 Å². The van der Waals surface area contributed by atoms with Crippen LogP contribution in [0.1, 0.15) is 43.0 Å². The van der Waals surface area contributed by atoms with E-state index in [2.05, 4.69) is 17.4 Å². The number of carbonyl (C=O) groups is 1. The average molecular weight is 321 g/mol. The number of nitrogens with one attached hydrogen (secondary N) is 1. The van der Waals surface area contributed by atoms with E-state index in [0.717, 1.165) is 35.3 Å². The molecule has 3 heteroatoms. The predicted molar refractivity (Wildman–Crippen MR) is 95.5 cm³/mol. The lowest BCUT2D eigenvalue weighted by Crippen LogP contribution is -2.42. The molecule has 0 saturated carbocycles. The second-order valence-corrected chi connectivity index (χ2v) is 7.01. The maximum absolute atomic E-state index is 11.4. The van der Waals surface area contributed by atoms with Crippen LogP contribution in [0.25, 0.3) is 11.1 Å². The van der Waals surface area contributed by atoms with Crippen molar-refractivity contribution in [3.63, 3.8) is 0 Å². The van der Waals surface area contributed by atoms with Crippen molar-refractivity contribution in [1.29, 1.82) is 0 Å². The lowest BCUT2D eigenvalue weighted by atomic mass is 10.0. The molecule has 0 aliphatic carbocycles. The van der Waals surface area contributed by atoms with Crippen LogP contribution in [0.5, 0.6) is 5.75 Å². The third-order valence-electron chi connectivity index (χ3n) is 5.19. The highest BCUT2D eigenvalue weighted by Crippen LogP contribution is 2.31. The number of hydrogen-bond acceptors (Lipinski definition) is 3. The molecule has 2 bridgehead atoms. The quantitative estimate of drug-likeness (QED) is 0.857. The molecule has 2 aliphatic rings. The van der Waals surface area contributed by atoms with Crippen LogP contribution in [0, 0.1) is 0 Å². The third kappa shape index (κ3) is 3.22. The summed E-state index contributed by atoms with van der Waals surface area (Å²) in [6, 6.07) is 17.3. The topological polar surface area (TPSA) is 38.3 Å². The summed E-state index contributed by atoms with van der Waals surface area (Å²) >= 11 is 0. The highest BCUT2D eigenvalue weighted by Gasteiger charge is 2.34. The van der Waals surface area contributed by atoms with E-state index in [9.17, 15) is 4.79 Å². The summed E-state index contributed by atoms with van der Waals surface area (Å²) in [6.07, 6.45) is 5.10. The van der Waals surface area contributed by atoms with Crippen molar-refractivity contribution in [3.05, 3.63) is 54.1 Å². The molecule has 2 fully saturated rings. The van der Waals surface area contributed by atoms with Gasteiger partial charge in [-0.1, -0.05) is 36.4 Å². The molecular formula is C21H23NO2. The van der Waals surface area contributed by atoms with Crippen LogP contribution >= 0.6 is 0 Å². The molecule has 0 spiro atoms. The zero-order valence-electron chi connectivity index (χ0n) is 14.0. The van der Waals surface area contributed by atoms with Crippen molar-refractivity contribution < 1.29 is 9.53 Å². The Morgan fingerprint density at radius 1 is 1.00 bits per heavy atom. The van der Waals surface area contributed by atoms with Crippen molar-refractivity contribution in [1.82, 2.24) is 5.32 Å². The van der Waals surface area contributed by atoms with E-state index in [4.69, 9.17) is 4.74 Å². The number of rotatable bonds is 4. The summed E-state index contributed by atoms with van der Waals surface area (Å²) in [4.78, 5) is 11.4. The standard InChI is InChI=1S/C21H23NO2/c1-14(23)15-5-7-16(8-6-15)17-3-2-4-20(11-17)24-21-12-18-9-10-19(13-21)22-18/h2-8,11,18-19,21-22H,9-10,12-13H2,1H3/t18-,19+,21-. The van der Waals surface area contributed by atoms with Gasteiger partial charge in [-0.2, -0.15) is 0 Å². The molecule has 2 saturated heterocycles. The first kappa shape index (κ1) is 15.4. The van der Waals surface area contributed by atoms with E-state index in [-0.39, 0.29) is 5.78 Å². The van der Waals surface area contributed by atoms with E-state index in [0.29, 0.717) is 18.2 Å². The molecule has 1 N–H and O–H groups in total. The van der Waals surface area contributed by atoms with Crippen LogP contribution in [0.15, 0.2) is 48.5 Å². The van der Waals surface area contributed by atoms with Gasteiger partial charge in [-0.25, -0.2) is 0 Å². The summed E-state index contributed by atoms with van der Waals surface area (Å²) in [6.45, 7) is 1.59. The van der Waals surface area contributed by atoms with Gasteiger partial charge in [0.1, 0.15) is 11.9 Å². The van der Waals surface area contributed by atoms with Crippen molar-refractivity contribution in [2.24, 2.45) is 0 Å². The van der Waals surface area contributed by atoms with Gasteiger partial charge in [-0.15, -0.1) is 0 Å². The van der Waals surface area contributed by atoms with Crippen LogP contribution in [0.3, 0.4) is 0 Å². The third-order valence-corrected chi connectivity index (χ3v) is 5.19. The predicted octanol–water partition coefficient (Wildman–Crippen LogP) is 4.22. The molecular weight excluding hydrogens is 298 g/mol. The molecule has 2 heterocycles. The van der Waals surface area contributed by atoms with Gasteiger partial charge in [0, 0.05) is 17.6 Å². The van der Waals surface area contributed by atoms with E-state index >= 15 is 0 Å². The molecule has 2 aliphatic heterocycles. The molecule has 0 aromatic heterocycles. The van der Waals surface area contributed by atoms with Gasteiger partial charge in [-0.3, -0.25) is 4.79 Å². The van der Waals surface area contributed by atoms with Gasteiger partial charge in [0.05, 0.1) is 0 Å². The number of Topliss-reactive ketones (excluding diaryl/α,β-unsaturated/α-hetero) is 1. The number of benzene rings is 2. The second kappa shape index (κ2) is 6.40. The Hall–Kier alpha value is -2.13. The lowest BCUT2D eigenvalue weighted by Gasteiger charge is -2.29. The fraction of sp³-hybridized carbons (Fsp3) is 0.381. The molecule has 24 heavy (non-hydrogen) atoms. The summed E-state index contributed by atoms with van der Waals surface area (Å²) in [7, 11) is 0. The minimum absolute atomic E-state index is 0.0965. The molecule has 2 aromatic rings. The summed E-state index contributed by atoms with van der Waals surface area (Å²) in [5.74, 6) is 1.04. The first-order chi connectivity index (χ1) is 11.7. The van der Waals surface area contributed by atoms with Crippen LogP contribution < -0.4 is 10.1 Å². The number of carbonyl (C=O) groups excluding carboxylic acids is 1. The molecule has 124 valence electrons. The smallest absolute Gasteiger partial charge is 0.159 e. The SMILES string of the molecule is CC(=O)c1ccc(-c2cccc(O[C@@H]3C[C@H]4CC[C@@H](C3)N4)c2)cc1. The largest absolute Gasteiger partial charge is 0.490 e. The van der Waals surface area contributed by atoms with E-state index < -0.39 is 0 Å². The monoisotopic (exact) mass is 321 g/mol. The van der Waals surface area contributed by atoms with Crippen LogP contribution in [0.2, 0.25) is 0 Å². The normalized spacial score (nSPS) is 25.5. The average Bonchev–Trinajstić information content (AvgIpc) is 2.94. The first-order valence-electron chi connectivity index (χ1n) is 8.81. The van der Waals surface area contributed by atoms with Crippen LogP contribution in [-0.4, -0.2) is 24.0 Å². The number of ether oxygens (including phenoxy) is 1. The Labute approximate surface area is 143 Å². The molecule has 0 unspecified atom stereocenters. The Bertz CT molecular complexity index is 726. The maximum atomic E-state index is 11.4. The minimum atomic E-state index is 0.0965. The zero-order chi connectivity index (χ0) is 16.5. The van der Waals surface area contributed by atoms with Gasteiger partial charge in [0.15, 0.2) is 5.78 Å². The van der Waals surface area contributed by atoms with Crippen molar-refractivity contribution in [2.75, 3.05) is 0 Å². The highest BCUT2D eigenvalue weighted by atomic mass is 16.5. The van der Waals surface area contributed by atoms with Crippen molar-refractivity contribution in [3.8, 4) is 16.9 Å². The summed E-state index contributed by atoms with van der Waals surface area (Å²) in [5, 5.41) is 3.65. The van der Waals surface area contributed by atoms with Gasteiger partial charge < -0.3 is 10.1 Å². The molecule has 3 atom stereocenters. The summed E-state index contributed by atoms with van der Waals surface area (Å²) in [5.41, 5.74) is 2.98. The van der Waals surface area contributed by atoms with Gasteiger partial charge in [-0.05, 0) is 55.9 Å². The molecule has 0 radical (unpaired) electrons. The number of hydrogen-bond donors (Lipinski definition) is 1. The van der Waals surface area contributed by atoms with E-state index in [1.54, 1.807) is 6.92 Å². The zero-order valence-corrected chi connectivity index (χ0v) is 14.0. The minimum Gasteiger partial charge on any atom is -0.490 e. The van der Waals surface area contributed by atoms with E-state index in [1.807, 2.05) is 36.4 Å². The maximum Gasteiger partial charge on any atom is 0.159 e. The van der Waals surface area contributed by atoms with Gasteiger partial charge >= 0.3 is 0 Å². The van der Waals surface area contributed by atoms with Crippen LogP contribution in [-0.2, 0) is 0 Å². The van der Waals surface area contributed by atoms with Gasteiger partial charge in [0.25, 0.3) is 0 Å². The van der Waals surface area contributed by atoms with E-state index in [1.165, 1.54) is 12.8 Å². The molecule has 4 rings (SSSR count). The molecule has 0 amide bonds. The van der Waals surface area contributed by atoms with Crippen molar-refractivity contribution >= 4 is 5.78 Å². The number of fused-ring (bicyclic) bond motifs is 2. The van der Waals surface area contributed by atoms with Crippen LogP contribution in [0.4, 0.5) is 0 Å². The summed E-state index contributed by atoms with van der Waals surface area (Å²) < 4.78 is 6.27. The molecule has 2 aromatic carbocycles. The Morgan fingerprint density at radius 2 is 1.71 bits per heavy atom.